The quantitative estimate of drug-likeness (QED) is 0.755. The van der Waals surface area contributed by atoms with E-state index in [0.29, 0.717) is 18.9 Å². The van der Waals surface area contributed by atoms with Gasteiger partial charge in [-0.05, 0) is 56.9 Å². The first kappa shape index (κ1) is 18.1. The molecule has 1 aliphatic heterocycles. The van der Waals surface area contributed by atoms with E-state index < -0.39 is 12.0 Å². The maximum atomic E-state index is 12.9. The number of nitrogens with one attached hydrogen (secondary N) is 1. The fraction of sp³-hybridized carbons (Fsp3) is 0.550. The summed E-state index contributed by atoms with van der Waals surface area (Å²) in [5, 5.41) is 16.4. The molecule has 148 valence electrons. The van der Waals surface area contributed by atoms with Gasteiger partial charge < -0.3 is 10.0 Å². The third-order valence-electron chi connectivity index (χ3n) is 5.92. The summed E-state index contributed by atoms with van der Waals surface area (Å²) in [5.41, 5.74) is 3.59. The molecule has 3 aliphatic rings. The van der Waals surface area contributed by atoms with Crippen molar-refractivity contribution >= 4 is 39.7 Å². The zero-order chi connectivity index (χ0) is 19.3. The van der Waals surface area contributed by atoms with Crippen molar-refractivity contribution in [2.24, 2.45) is 0 Å². The zero-order valence-corrected chi connectivity index (χ0v) is 17.2. The minimum atomic E-state index is -0.924. The summed E-state index contributed by atoms with van der Waals surface area (Å²) in [6.45, 7) is 0.492. The van der Waals surface area contributed by atoms with Gasteiger partial charge >= 0.3 is 12.0 Å². The molecule has 1 atom stereocenters. The van der Waals surface area contributed by atoms with Crippen LogP contribution in [-0.4, -0.2) is 39.6 Å². The van der Waals surface area contributed by atoms with Crippen LogP contribution in [0.2, 0.25) is 0 Å². The first-order valence-corrected chi connectivity index (χ1v) is 11.7. The summed E-state index contributed by atoms with van der Waals surface area (Å²) in [6, 6.07) is -1.02. The molecule has 0 radical (unpaired) electrons. The summed E-state index contributed by atoms with van der Waals surface area (Å²) in [5.74, 6) is -0.314. The number of likely N-dealkylation sites (tertiary alicyclic amines) is 1. The Balaban J connectivity index is 1.47. The van der Waals surface area contributed by atoms with Crippen LogP contribution in [0.5, 0.6) is 0 Å². The van der Waals surface area contributed by atoms with Gasteiger partial charge in [0.05, 0.1) is 5.69 Å². The summed E-state index contributed by atoms with van der Waals surface area (Å²) in [4.78, 5) is 32.1. The highest BCUT2D eigenvalue weighted by Crippen LogP contribution is 2.47. The van der Waals surface area contributed by atoms with Gasteiger partial charge in [-0.1, -0.05) is 0 Å². The topological polar surface area (TPSA) is 82.5 Å². The maximum Gasteiger partial charge on any atom is 0.326 e. The van der Waals surface area contributed by atoms with Crippen molar-refractivity contribution in [1.29, 1.82) is 0 Å². The van der Waals surface area contributed by atoms with Gasteiger partial charge in [0.1, 0.15) is 16.1 Å². The number of carbonyl (C=O) groups excluding carboxylic acids is 1. The van der Waals surface area contributed by atoms with E-state index in [4.69, 9.17) is 4.98 Å². The molecule has 0 spiro atoms. The number of thiophene rings is 1. The number of carbonyl (C=O) groups is 2. The van der Waals surface area contributed by atoms with Crippen molar-refractivity contribution < 1.29 is 14.7 Å². The molecule has 2 aromatic heterocycles. The number of aliphatic carboxylic acids is 1. The van der Waals surface area contributed by atoms with E-state index in [1.54, 1.807) is 22.7 Å². The highest BCUT2D eigenvalue weighted by atomic mass is 32.1. The lowest BCUT2D eigenvalue weighted by Gasteiger charge is -2.21. The SMILES string of the molecule is O=C(O)[C@@H]1CCCN1C(=O)Nc1sc2c(c1-c1nc(C3CC3)cs1)CCCC2. The second kappa shape index (κ2) is 7.15. The molecule has 0 bridgehead atoms. The summed E-state index contributed by atoms with van der Waals surface area (Å²) < 4.78 is 0. The van der Waals surface area contributed by atoms with Gasteiger partial charge in [-0.25, -0.2) is 14.6 Å². The molecule has 28 heavy (non-hydrogen) atoms. The Bertz CT molecular complexity index is 931. The lowest BCUT2D eigenvalue weighted by atomic mass is 9.96. The van der Waals surface area contributed by atoms with Crippen LogP contribution in [0, 0.1) is 0 Å². The molecule has 2 fully saturated rings. The number of carboxylic acids is 1. The molecular weight excluding hydrogens is 394 g/mol. The van der Waals surface area contributed by atoms with Gasteiger partial charge in [-0.15, -0.1) is 22.7 Å². The second-order valence-corrected chi connectivity index (χ2v) is 9.85. The smallest absolute Gasteiger partial charge is 0.326 e. The molecule has 2 aromatic rings. The Morgan fingerprint density at radius 1 is 1.18 bits per heavy atom. The third-order valence-corrected chi connectivity index (χ3v) is 8.01. The van der Waals surface area contributed by atoms with Gasteiger partial charge in [0, 0.05) is 28.3 Å². The van der Waals surface area contributed by atoms with Gasteiger partial charge in [0.2, 0.25) is 0 Å². The van der Waals surface area contributed by atoms with Gasteiger partial charge in [-0.3, -0.25) is 5.32 Å². The Labute approximate surface area is 171 Å². The lowest BCUT2D eigenvalue weighted by molar-refractivity contribution is -0.141. The summed E-state index contributed by atoms with van der Waals surface area (Å²) in [6.07, 6.45) is 8.11. The number of fused-ring (bicyclic) bond motifs is 1. The predicted octanol–water partition coefficient (Wildman–Crippen LogP) is 4.71. The molecule has 6 nitrogen and oxygen atoms in total. The summed E-state index contributed by atoms with van der Waals surface area (Å²) >= 11 is 3.31. The first-order chi connectivity index (χ1) is 13.6. The molecule has 3 heterocycles. The number of nitrogens with zero attached hydrogens (tertiary/aromatic N) is 2. The third kappa shape index (κ3) is 3.22. The van der Waals surface area contributed by atoms with Crippen molar-refractivity contribution in [3.63, 3.8) is 0 Å². The molecule has 0 unspecified atom stereocenters. The van der Waals surface area contributed by atoms with Crippen LogP contribution < -0.4 is 5.32 Å². The number of rotatable bonds is 4. The van der Waals surface area contributed by atoms with E-state index in [9.17, 15) is 14.7 Å². The highest BCUT2D eigenvalue weighted by molar-refractivity contribution is 7.18. The Hall–Kier alpha value is -1.93. The Morgan fingerprint density at radius 3 is 2.79 bits per heavy atom. The largest absolute Gasteiger partial charge is 0.480 e. The number of hydrogen-bond donors (Lipinski definition) is 2. The highest BCUT2D eigenvalue weighted by Gasteiger charge is 2.35. The lowest BCUT2D eigenvalue weighted by Crippen LogP contribution is -2.42. The molecule has 2 aliphatic carbocycles. The number of anilines is 1. The number of aryl methyl sites for hydroxylation is 1. The zero-order valence-electron chi connectivity index (χ0n) is 15.6. The number of aromatic nitrogens is 1. The summed E-state index contributed by atoms with van der Waals surface area (Å²) in [7, 11) is 0. The van der Waals surface area contributed by atoms with Crippen LogP contribution in [-0.2, 0) is 17.6 Å². The normalized spacial score (nSPS) is 21.6. The molecule has 2 N–H and O–H groups in total. The van der Waals surface area contributed by atoms with E-state index in [1.165, 1.54) is 40.3 Å². The molecule has 1 saturated carbocycles. The fourth-order valence-electron chi connectivity index (χ4n) is 4.28. The van der Waals surface area contributed by atoms with E-state index >= 15 is 0 Å². The number of urea groups is 1. The molecule has 5 rings (SSSR count). The van der Waals surface area contributed by atoms with Gasteiger partial charge in [0.15, 0.2) is 0 Å². The maximum absolute atomic E-state index is 12.9. The minimum absolute atomic E-state index is 0.302. The number of hydrogen-bond acceptors (Lipinski definition) is 5. The van der Waals surface area contributed by atoms with Crippen molar-refractivity contribution in [1.82, 2.24) is 9.88 Å². The first-order valence-electron chi connectivity index (χ1n) is 10.0. The van der Waals surface area contributed by atoms with Crippen LogP contribution in [0.25, 0.3) is 10.6 Å². The van der Waals surface area contributed by atoms with Crippen molar-refractivity contribution in [3.05, 3.63) is 21.5 Å². The van der Waals surface area contributed by atoms with E-state index in [-0.39, 0.29) is 6.03 Å². The van der Waals surface area contributed by atoms with Crippen LogP contribution in [0.1, 0.15) is 60.6 Å². The fourth-order valence-corrected chi connectivity index (χ4v) is 6.61. The average molecular weight is 418 g/mol. The van der Waals surface area contributed by atoms with Crippen molar-refractivity contribution in [3.8, 4) is 10.6 Å². The predicted molar refractivity (Wildman–Crippen MR) is 110 cm³/mol. The Kier molecular flexibility index (Phi) is 4.63. The average Bonchev–Trinajstić information content (AvgIpc) is 3.10. The van der Waals surface area contributed by atoms with Crippen molar-refractivity contribution in [2.75, 3.05) is 11.9 Å². The molecule has 2 amide bonds. The number of carboxylic acid groups (broad SMARTS) is 1. The van der Waals surface area contributed by atoms with Crippen LogP contribution >= 0.6 is 22.7 Å². The van der Waals surface area contributed by atoms with Crippen LogP contribution in [0.4, 0.5) is 9.80 Å². The van der Waals surface area contributed by atoms with Crippen molar-refractivity contribution in [2.45, 2.75) is 63.3 Å². The second-order valence-electron chi connectivity index (χ2n) is 7.89. The van der Waals surface area contributed by atoms with E-state index in [2.05, 4.69) is 10.7 Å². The monoisotopic (exact) mass is 417 g/mol. The number of thiazole rings is 1. The van der Waals surface area contributed by atoms with Gasteiger partial charge in [0.25, 0.3) is 0 Å². The number of amides is 2. The standard InChI is InChI=1S/C20H23N3O3S2/c24-19(25)14-5-3-9-23(14)20(26)22-18-16(12-4-1-2-6-15(12)28-18)17-21-13(10-27-17)11-7-8-11/h10-11,14H,1-9H2,(H,22,26)(H,24,25)/t14-/m0/s1. The molecule has 0 aromatic carbocycles. The van der Waals surface area contributed by atoms with E-state index in [1.807, 2.05) is 0 Å². The van der Waals surface area contributed by atoms with Gasteiger partial charge in [-0.2, -0.15) is 0 Å². The van der Waals surface area contributed by atoms with E-state index in [0.717, 1.165) is 41.3 Å². The molecular formula is C20H23N3O3S2. The molecule has 8 heteroatoms. The Morgan fingerprint density at radius 2 is 2.00 bits per heavy atom. The minimum Gasteiger partial charge on any atom is -0.480 e. The van der Waals surface area contributed by atoms with Crippen LogP contribution in [0.3, 0.4) is 0 Å². The molecule has 1 saturated heterocycles. The van der Waals surface area contributed by atoms with Crippen LogP contribution in [0.15, 0.2) is 5.38 Å².